The van der Waals surface area contributed by atoms with E-state index in [-0.39, 0.29) is 0 Å². The summed E-state index contributed by atoms with van der Waals surface area (Å²) in [5.74, 6) is 1.23. The predicted molar refractivity (Wildman–Crippen MR) is 75.6 cm³/mol. The maximum Gasteiger partial charge on any atom is 0.247 e. The van der Waals surface area contributed by atoms with Crippen LogP contribution in [0.4, 0.5) is 0 Å². The van der Waals surface area contributed by atoms with Crippen LogP contribution in [0.5, 0.6) is 0 Å². The summed E-state index contributed by atoms with van der Waals surface area (Å²) in [5, 5.41) is 11.6. The van der Waals surface area contributed by atoms with E-state index in [1.807, 2.05) is 30.3 Å². The van der Waals surface area contributed by atoms with Crippen molar-refractivity contribution < 1.29 is 4.42 Å². The highest BCUT2D eigenvalue weighted by Gasteiger charge is 2.10. The molecule has 0 bridgehead atoms. The predicted octanol–water partition coefficient (Wildman–Crippen LogP) is 3.40. The number of aromatic nitrogens is 2. The molecule has 0 fully saturated rings. The molecule has 1 aromatic heterocycles. The SMILES string of the molecule is CCCC(CC)NCc1nnc(-c2ccccc2)o1. The van der Waals surface area contributed by atoms with Crippen molar-refractivity contribution in [2.75, 3.05) is 0 Å². The number of benzene rings is 1. The quantitative estimate of drug-likeness (QED) is 0.828. The van der Waals surface area contributed by atoms with Crippen molar-refractivity contribution in [1.29, 1.82) is 0 Å². The van der Waals surface area contributed by atoms with Gasteiger partial charge in [0.1, 0.15) is 0 Å². The Balaban J connectivity index is 1.94. The number of hydrogen-bond donors (Lipinski definition) is 1. The lowest BCUT2D eigenvalue weighted by molar-refractivity contribution is 0.413. The van der Waals surface area contributed by atoms with Gasteiger partial charge in [-0.25, -0.2) is 0 Å². The second kappa shape index (κ2) is 7.04. The van der Waals surface area contributed by atoms with Gasteiger partial charge in [-0.15, -0.1) is 10.2 Å². The highest BCUT2D eigenvalue weighted by Crippen LogP contribution is 2.16. The third kappa shape index (κ3) is 3.89. The summed E-state index contributed by atoms with van der Waals surface area (Å²) >= 11 is 0. The van der Waals surface area contributed by atoms with Gasteiger partial charge in [0.05, 0.1) is 6.54 Å². The summed E-state index contributed by atoms with van der Waals surface area (Å²) in [5.41, 5.74) is 0.960. The first kappa shape index (κ1) is 13.7. The molecule has 1 atom stereocenters. The first-order valence-corrected chi connectivity index (χ1v) is 6.94. The number of hydrogen-bond acceptors (Lipinski definition) is 4. The molecular formula is C15H21N3O. The molecule has 4 heteroatoms. The lowest BCUT2D eigenvalue weighted by atomic mass is 10.1. The van der Waals surface area contributed by atoms with Crippen LogP contribution in [0.2, 0.25) is 0 Å². The smallest absolute Gasteiger partial charge is 0.247 e. The zero-order chi connectivity index (χ0) is 13.5. The fraction of sp³-hybridized carbons (Fsp3) is 0.467. The molecule has 4 nitrogen and oxygen atoms in total. The Hall–Kier alpha value is -1.68. The van der Waals surface area contributed by atoms with E-state index < -0.39 is 0 Å². The molecule has 0 spiro atoms. The van der Waals surface area contributed by atoms with Gasteiger partial charge in [-0.05, 0) is 25.0 Å². The summed E-state index contributed by atoms with van der Waals surface area (Å²) in [6.45, 7) is 5.03. The summed E-state index contributed by atoms with van der Waals surface area (Å²) in [6, 6.07) is 10.4. The van der Waals surface area contributed by atoms with Crippen molar-refractivity contribution >= 4 is 0 Å². The normalized spacial score (nSPS) is 12.5. The van der Waals surface area contributed by atoms with Crippen LogP contribution in [0.15, 0.2) is 34.7 Å². The van der Waals surface area contributed by atoms with Crippen LogP contribution in [0, 0.1) is 0 Å². The molecule has 102 valence electrons. The van der Waals surface area contributed by atoms with Crippen molar-refractivity contribution in [3.05, 3.63) is 36.2 Å². The topological polar surface area (TPSA) is 51.0 Å². The van der Waals surface area contributed by atoms with Gasteiger partial charge in [0.25, 0.3) is 0 Å². The molecular weight excluding hydrogens is 238 g/mol. The van der Waals surface area contributed by atoms with Gasteiger partial charge in [-0.2, -0.15) is 0 Å². The highest BCUT2D eigenvalue weighted by molar-refractivity contribution is 5.51. The van der Waals surface area contributed by atoms with Crippen molar-refractivity contribution in [1.82, 2.24) is 15.5 Å². The number of nitrogens with one attached hydrogen (secondary N) is 1. The van der Waals surface area contributed by atoms with Crippen LogP contribution in [0.1, 0.15) is 39.0 Å². The molecule has 0 radical (unpaired) electrons. The molecule has 0 saturated heterocycles. The van der Waals surface area contributed by atoms with E-state index in [1.165, 1.54) is 12.8 Å². The Morgan fingerprint density at radius 1 is 1.16 bits per heavy atom. The molecule has 0 aliphatic heterocycles. The highest BCUT2D eigenvalue weighted by atomic mass is 16.4. The van der Waals surface area contributed by atoms with Crippen molar-refractivity contribution in [3.63, 3.8) is 0 Å². The van der Waals surface area contributed by atoms with Gasteiger partial charge in [-0.1, -0.05) is 38.5 Å². The van der Waals surface area contributed by atoms with E-state index in [1.54, 1.807) is 0 Å². The molecule has 0 amide bonds. The molecule has 1 heterocycles. The minimum Gasteiger partial charge on any atom is -0.419 e. The van der Waals surface area contributed by atoms with E-state index >= 15 is 0 Å². The van der Waals surface area contributed by atoms with Crippen LogP contribution >= 0.6 is 0 Å². The van der Waals surface area contributed by atoms with E-state index in [9.17, 15) is 0 Å². The van der Waals surface area contributed by atoms with Gasteiger partial charge in [-0.3, -0.25) is 0 Å². The lowest BCUT2D eigenvalue weighted by Gasteiger charge is -2.13. The van der Waals surface area contributed by atoms with Crippen molar-refractivity contribution in [3.8, 4) is 11.5 Å². The molecule has 2 aromatic rings. The largest absolute Gasteiger partial charge is 0.419 e. The molecule has 1 unspecified atom stereocenters. The monoisotopic (exact) mass is 259 g/mol. The van der Waals surface area contributed by atoms with Crippen LogP contribution in [-0.2, 0) is 6.54 Å². The molecule has 1 N–H and O–H groups in total. The Kier molecular flexibility index (Phi) is 5.10. The zero-order valence-corrected chi connectivity index (χ0v) is 11.6. The molecule has 0 aliphatic carbocycles. The van der Waals surface area contributed by atoms with Crippen LogP contribution in [0.25, 0.3) is 11.5 Å². The standard InChI is InChI=1S/C15H21N3O/c1-3-8-13(4-2)16-11-14-17-18-15(19-14)12-9-6-5-7-10-12/h5-7,9-10,13,16H,3-4,8,11H2,1-2H3. The van der Waals surface area contributed by atoms with E-state index in [0.29, 0.717) is 24.4 Å². The Morgan fingerprint density at radius 2 is 1.95 bits per heavy atom. The molecule has 19 heavy (non-hydrogen) atoms. The summed E-state index contributed by atoms with van der Waals surface area (Å²) < 4.78 is 5.66. The first-order chi connectivity index (χ1) is 9.33. The average molecular weight is 259 g/mol. The summed E-state index contributed by atoms with van der Waals surface area (Å²) in [6.07, 6.45) is 3.48. The second-order valence-electron chi connectivity index (χ2n) is 4.64. The Morgan fingerprint density at radius 3 is 2.63 bits per heavy atom. The lowest BCUT2D eigenvalue weighted by Crippen LogP contribution is -2.27. The molecule has 2 rings (SSSR count). The van der Waals surface area contributed by atoms with Gasteiger partial charge < -0.3 is 9.73 Å². The zero-order valence-electron chi connectivity index (χ0n) is 11.6. The van der Waals surface area contributed by atoms with E-state index in [0.717, 1.165) is 12.0 Å². The molecule has 1 aromatic carbocycles. The number of nitrogens with zero attached hydrogens (tertiary/aromatic N) is 2. The Bertz CT molecular complexity index is 481. The molecule has 0 saturated carbocycles. The maximum atomic E-state index is 5.66. The second-order valence-corrected chi connectivity index (χ2v) is 4.64. The van der Waals surface area contributed by atoms with Crippen LogP contribution in [0.3, 0.4) is 0 Å². The van der Waals surface area contributed by atoms with Crippen molar-refractivity contribution in [2.24, 2.45) is 0 Å². The van der Waals surface area contributed by atoms with E-state index in [2.05, 4.69) is 29.4 Å². The average Bonchev–Trinajstić information content (AvgIpc) is 2.93. The minimum atomic E-state index is 0.525. The first-order valence-electron chi connectivity index (χ1n) is 6.94. The summed E-state index contributed by atoms with van der Waals surface area (Å²) in [4.78, 5) is 0. The third-order valence-corrected chi connectivity index (χ3v) is 3.16. The van der Waals surface area contributed by atoms with Gasteiger partial charge >= 0.3 is 0 Å². The fourth-order valence-electron chi connectivity index (χ4n) is 2.05. The van der Waals surface area contributed by atoms with Gasteiger partial charge in [0.2, 0.25) is 11.8 Å². The number of rotatable bonds is 7. The van der Waals surface area contributed by atoms with Crippen LogP contribution in [-0.4, -0.2) is 16.2 Å². The van der Waals surface area contributed by atoms with Crippen molar-refractivity contribution in [2.45, 2.75) is 45.7 Å². The Labute approximate surface area is 114 Å². The maximum absolute atomic E-state index is 5.66. The fourth-order valence-corrected chi connectivity index (χ4v) is 2.05. The van der Waals surface area contributed by atoms with Gasteiger partial charge in [0, 0.05) is 11.6 Å². The van der Waals surface area contributed by atoms with E-state index in [4.69, 9.17) is 4.42 Å². The summed E-state index contributed by atoms with van der Waals surface area (Å²) in [7, 11) is 0. The van der Waals surface area contributed by atoms with Gasteiger partial charge in [0.15, 0.2) is 0 Å². The minimum absolute atomic E-state index is 0.525. The third-order valence-electron chi connectivity index (χ3n) is 3.16. The molecule has 0 aliphatic rings. The van der Waals surface area contributed by atoms with Crippen LogP contribution < -0.4 is 5.32 Å².